The summed E-state index contributed by atoms with van der Waals surface area (Å²) >= 11 is 5.99. The van der Waals surface area contributed by atoms with Gasteiger partial charge in [-0.3, -0.25) is 0 Å². The molecule has 0 saturated carbocycles. The van der Waals surface area contributed by atoms with Crippen molar-refractivity contribution in [3.05, 3.63) is 0 Å². The number of quaternary nitrogens is 1. The topological polar surface area (TPSA) is 4.44 Å². The molecular weight excluding hydrogens is 170 g/mol. The third-order valence-corrected chi connectivity index (χ3v) is 4.02. The zero-order chi connectivity index (χ0) is 8.39. The van der Waals surface area contributed by atoms with Crippen LogP contribution in [0.4, 0.5) is 0 Å². The maximum Gasteiger partial charge on any atom is 0.0914 e. The van der Waals surface area contributed by atoms with E-state index in [4.69, 9.17) is 11.6 Å². The largest absolute Gasteiger partial charge is 0.332 e. The third-order valence-electron chi connectivity index (χ3n) is 3.63. The molecule has 0 aromatic carbocycles. The van der Waals surface area contributed by atoms with Gasteiger partial charge >= 0.3 is 0 Å². The lowest BCUT2D eigenvalue weighted by molar-refractivity contribution is -0.939. The second-order valence-electron chi connectivity index (χ2n) is 4.32. The average Bonchev–Trinajstić information content (AvgIpc) is 2.17. The third kappa shape index (κ3) is 1.62. The molecule has 2 heteroatoms. The molecule has 2 rings (SSSR count). The summed E-state index contributed by atoms with van der Waals surface area (Å²) in [5, 5.41) is 0. The van der Waals surface area contributed by atoms with Gasteiger partial charge < -0.3 is 4.90 Å². The van der Waals surface area contributed by atoms with Gasteiger partial charge in [0, 0.05) is 11.8 Å². The molecule has 1 unspecified atom stereocenters. The molecule has 0 aromatic rings. The summed E-state index contributed by atoms with van der Waals surface area (Å²) in [6.07, 6.45) is 7.12. The van der Waals surface area contributed by atoms with Gasteiger partial charge in [0.05, 0.1) is 19.1 Å². The first-order valence-electron chi connectivity index (χ1n) is 5.32. The van der Waals surface area contributed by atoms with Gasteiger partial charge in [0.15, 0.2) is 0 Å². The van der Waals surface area contributed by atoms with Gasteiger partial charge in [-0.1, -0.05) is 0 Å². The summed E-state index contributed by atoms with van der Waals surface area (Å²) in [5.41, 5.74) is 0. The van der Waals surface area contributed by atoms with E-state index in [0.717, 1.165) is 17.8 Å². The molecule has 3 atom stereocenters. The second kappa shape index (κ2) is 3.97. The van der Waals surface area contributed by atoms with Crippen LogP contribution >= 0.6 is 11.6 Å². The first-order chi connectivity index (χ1) is 5.92. The van der Waals surface area contributed by atoms with Crippen molar-refractivity contribution in [1.82, 2.24) is 0 Å². The summed E-state index contributed by atoms with van der Waals surface area (Å²) < 4.78 is 0. The molecule has 1 nitrogen and oxygen atoms in total. The molecule has 0 aromatic heterocycles. The van der Waals surface area contributed by atoms with Crippen LogP contribution in [0, 0.1) is 5.92 Å². The van der Waals surface area contributed by atoms with Crippen LogP contribution in [0.15, 0.2) is 0 Å². The van der Waals surface area contributed by atoms with Gasteiger partial charge in [0.25, 0.3) is 0 Å². The van der Waals surface area contributed by atoms with Gasteiger partial charge in [0.1, 0.15) is 0 Å². The van der Waals surface area contributed by atoms with Gasteiger partial charge in [0.2, 0.25) is 0 Å². The Kier molecular flexibility index (Phi) is 2.92. The maximum atomic E-state index is 5.99. The lowest BCUT2D eigenvalue weighted by Gasteiger charge is -2.40. The van der Waals surface area contributed by atoms with Crippen molar-refractivity contribution in [3.63, 3.8) is 0 Å². The lowest BCUT2D eigenvalue weighted by Crippen LogP contribution is -3.18. The van der Waals surface area contributed by atoms with Crippen molar-refractivity contribution in [3.8, 4) is 0 Å². The van der Waals surface area contributed by atoms with Gasteiger partial charge in [-0.15, -0.1) is 11.6 Å². The predicted molar refractivity (Wildman–Crippen MR) is 51.8 cm³/mol. The Bertz CT molecular complexity index is 140. The van der Waals surface area contributed by atoms with Gasteiger partial charge in [-0.05, 0) is 32.1 Å². The van der Waals surface area contributed by atoms with Gasteiger partial charge in [-0.2, -0.15) is 0 Å². The Balaban J connectivity index is 1.99. The van der Waals surface area contributed by atoms with Crippen molar-refractivity contribution in [2.45, 2.75) is 38.1 Å². The van der Waals surface area contributed by atoms with E-state index in [1.807, 2.05) is 4.90 Å². The normalized spacial score (nSPS) is 42.2. The molecule has 2 fully saturated rings. The Morgan fingerprint density at radius 2 is 1.92 bits per heavy atom. The Morgan fingerprint density at radius 3 is 2.75 bits per heavy atom. The number of hydrogen-bond acceptors (Lipinski definition) is 0. The molecule has 70 valence electrons. The summed E-state index contributed by atoms with van der Waals surface area (Å²) in [6.45, 7) is 2.83. The average molecular weight is 189 g/mol. The van der Waals surface area contributed by atoms with Crippen LogP contribution in [0.2, 0.25) is 0 Å². The highest BCUT2D eigenvalue weighted by atomic mass is 35.5. The van der Waals surface area contributed by atoms with E-state index >= 15 is 0 Å². The van der Waals surface area contributed by atoms with Crippen molar-refractivity contribution >= 4 is 11.6 Å². The van der Waals surface area contributed by atoms with E-state index in [1.54, 1.807) is 0 Å². The minimum absolute atomic E-state index is 0.829. The van der Waals surface area contributed by atoms with Crippen LogP contribution in [0.25, 0.3) is 0 Å². The molecule has 2 heterocycles. The molecule has 2 aliphatic rings. The van der Waals surface area contributed by atoms with Crippen molar-refractivity contribution in [2.24, 2.45) is 5.92 Å². The summed E-state index contributed by atoms with van der Waals surface area (Å²) in [4.78, 5) is 1.86. The first kappa shape index (κ1) is 8.83. The molecule has 0 radical (unpaired) electrons. The summed E-state index contributed by atoms with van der Waals surface area (Å²) in [5.74, 6) is 1.73. The monoisotopic (exact) mass is 188 g/mol. The fourth-order valence-corrected chi connectivity index (χ4v) is 3.33. The molecule has 0 spiro atoms. The molecule has 0 aliphatic carbocycles. The van der Waals surface area contributed by atoms with Crippen molar-refractivity contribution in [1.29, 1.82) is 0 Å². The number of fused-ring (bicyclic) bond motifs is 1. The zero-order valence-corrected chi connectivity index (χ0v) is 8.45. The molecule has 1 N–H and O–H groups in total. The van der Waals surface area contributed by atoms with Crippen LogP contribution in [-0.4, -0.2) is 25.0 Å². The number of hydrogen-bond donors (Lipinski definition) is 1. The Hall–Kier alpha value is 0.250. The Morgan fingerprint density at radius 1 is 1.08 bits per heavy atom. The van der Waals surface area contributed by atoms with E-state index in [1.165, 1.54) is 45.2 Å². The van der Waals surface area contributed by atoms with E-state index < -0.39 is 0 Å². The van der Waals surface area contributed by atoms with Crippen LogP contribution in [-0.2, 0) is 0 Å². The molecule has 0 amide bonds. The smallest absolute Gasteiger partial charge is 0.0914 e. The zero-order valence-electron chi connectivity index (χ0n) is 7.69. The van der Waals surface area contributed by atoms with E-state index in [0.29, 0.717) is 0 Å². The minimum Gasteiger partial charge on any atom is -0.332 e. The number of halogens is 1. The number of alkyl halides is 1. The number of rotatable bonds is 1. The number of nitrogens with one attached hydrogen (secondary N) is 1. The van der Waals surface area contributed by atoms with E-state index in [9.17, 15) is 0 Å². The number of piperidine rings is 2. The highest BCUT2D eigenvalue weighted by molar-refractivity contribution is 6.18. The predicted octanol–water partition coefficient (Wildman–Crippen LogP) is 1.07. The summed E-state index contributed by atoms with van der Waals surface area (Å²) in [7, 11) is 0. The molecule has 2 aliphatic heterocycles. The van der Waals surface area contributed by atoms with Crippen LogP contribution in [0.5, 0.6) is 0 Å². The van der Waals surface area contributed by atoms with Crippen LogP contribution in [0.1, 0.15) is 32.1 Å². The highest BCUT2D eigenvalue weighted by Gasteiger charge is 2.35. The molecule has 12 heavy (non-hydrogen) atoms. The highest BCUT2D eigenvalue weighted by Crippen LogP contribution is 2.20. The second-order valence-corrected chi connectivity index (χ2v) is 4.63. The lowest BCUT2D eigenvalue weighted by atomic mass is 9.85. The standard InChI is InChI=1S/C10H18ClN/c11-8-9-4-3-7-12-6-2-1-5-10(9)12/h9-10H,1-8H2/p+1/t9-,10-/m0/s1. The molecular formula is C10H19ClN+. The quantitative estimate of drug-likeness (QED) is 0.588. The van der Waals surface area contributed by atoms with E-state index in [2.05, 4.69) is 0 Å². The summed E-state index contributed by atoms with van der Waals surface area (Å²) in [6, 6.07) is 0.921. The van der Waals surface area contributed by atoms with Crippen molar-refractivity contribution in [2.75, 3.05) is 19.0 Å². The van der Waals surface area contributed by atoms with Crippen LogP contribution in [0.3, 0.4) is 0 Å². The SMILES string of the molecule is ClC[C@@H]1CCC[NH+]2CCCC[C@@H]12. The molecule has 0 bridgehead atoms. The first-order valence-corrected chi connectivity index (χ1v) is 5.86. The minimum atomic E-state index is 0.829. The fourth-order valence-electron chi connectivity index (χ4n) is 2.96. The van der Waals surface area contributed by atoms with Gasteiger partial charge in [-0.25, -0.2) is 0 Å². The van der Waals surface area contributed by atoms with Crippen molar-refractivity contribution < 1.29 is 4.90 Å². The fraction of sp³-hybridized carbons (Fsp3) is 1.00. The van der Waals surface area contributed by atoms with E-state index in [-0.39, 0.29) is 0 Å². The maximum absolute atomic E-state index is 5.99. The van der Waals surface area contributed by atoms with Crippen LogP contribution < -0.4 is 4.90 Å². The molecule has 2 saturated heterocycles. The Labute approximate surface area is 80.1 Å².